The molecular formula is C17H18FNO2. The lowest BCUT2D eigenvalue weighted by Crippen LogP contribution is -2.29. The molecule has 4 heteroatoms. The number of ether oxygens (including phenoxy) is 1. The Balaban J connectivity index is 2.16. The second-order valence-electron chi connectivity index (χ2n) is 4.84. The van der Waals surface area contributed by atoms with Crippen molar-refractivity contribution in [1.29, 1.82) is 0 Å². The minimum Gasteiger partial charge on any atom is -0.468 e. The first-order chi connectivity index (χ1) is 10.1. The molecule has 0 amide bonds. The van der Waals surface area contributed by atoms with Gasteiger partial charge in [-0.3, -0.25) is 5.32 Å². The van der Waals surface area contributed by atoms with Crippen molar-refractivity contribution in [2.24, 2.45) is 0 Å². The smallest absolute Gasteiger partial charge is 0.327 e. The largest absolute Gasteiger partial charge is 0.468 e. The summed E-state index contributed by atoms with van der Waals surface area (Å²) in [5.41, 5.74) is 2.29. The molecule has 3 nitrogen and oxygen atoms in total. The van der Waals surface area contributed by atoms with Crippen LogP contribution in [0.1, 0.15) is 22.7 Å². The van der Waals surface area contributed by atoms with E-state index in [0.29, 0.717) is 5.56 Å². The predicted molar refractivity (Wildman–Crippen MR) is 79.2 cm³/mol. The topological polar surface area (TPSA) is 38.3 Å². The Kier molecular flexibility index (Phi) is 5.06. The van der Waals surface area contributed by atoms with Crippen molar-refractivity contribution >= 4 is 5.97 Å². The summed E-state index contributed by atoms with van der Waals surface area (Å²) in [6, 6.07) is 13.5. The summed E-state index contributed by atoms with van der Waals surface area (Å²) < 4.78 is 18.6. The summed E-state index contributed by atoms with van der Waals surface area (Å²) in [5, 5.41) is 3.06. The summed E-state index contributed by atoms with van der Waals surface area (Å²) in [7, 11) is 1.34. The SMILES string of the molecule is COC(=O)C(NCc1cc(C)ccc1F)c1ccccc1. The summed E-state index contributed by atoms with van der Waals surface area (Å²) in [4.78, 5) is 11.9. The molecule has 0 spiro atoms. The van der Waals surface area contributed by atoms with Gasteiger partial charge in [0.2, 0.25) is 0 Å². The van der Waals surface area contributed by atoms with Gasteiger partial charge in [0.15, 0.2) is 0 Å². The average Bonchev–Trinajstić information content (AvgIpc) is 2.51. The van der Waals surface area contributed by atoms with Crippen LogP contribution in [0.3, 0.4) is 0 Å². The highest BCUT2D eigenvalue weighted by molar-refractivity contribution is 5.77. The molecule has 0 saturated carbocycles. The minimum atomic E-state index is -0.615. The van der Waals surface area contributed by atoms with Gasteiger partial charge >= 0.3 is 5.97 Å². The van der Waals surface area contributed by atoms with E-state index in [0.717, 1.165) is 11.1 Å². The van der Waals surface area contributed by atoms with Crippen molar-refractivity contribution in [2.75, 3.05) is 7.11 Å². The first-order valence-corrected chi connectivity index (χ1v) is 6.73. The monoisotopic (exact) mass is 287 g/mol. The van der Waals surface area contributed by atoms with E-state index in [9.17, 15) is 9.18 Å². The Morgan fingerprint density at radius 2 is 1.95 bits per heavy atom. The number of rotatable bonds is 5. The van der Waals surface area contributed by atoms with Crippen molar-refractivity contribution in [1.82, 2.24) is 5.32 Å². The van der Waals surface area contributed by atoms with Crippen LogP contribution in [0.25, 0.3) is 0 Å². The average molecular weight is 287 g/mol. The van der Waals surface area contributed by atoms with Crippen LogP contribution < -0.4 is 5.32 Å². The van der Waals surface area contributed by atoms with Crippen LogP contribution in [-0.2, 0) is 16.1 Å². The zero-order valence-electron chi connectivity index (χ0n) is 12.1. The summed E-state index contributed by atoms with van der Waals surface area (Å²) in [5.74, 6) is -0.681. The van der Waals surface area contributed by atoms with Crippen molar-refractivity contribution < 1.29 is 13.9 Å². The molecule has 1 unspecified atom stereocenters. The number of methoxy groups -OCH3 is 1. The van der Waals surface area contributed by atoms with Crippen LogP contribution >= 0.6 is 0 Å². The molecule has 1 N–H and O–H groups in total. The molecule has 0 aliphatic carbocycles. The highest BCUT2D eigenvalue weighted by Crippen LogP contribution is 2.16. The fourth-order valence-corrected chi connectivity index (χ4v) is 2.15. The van der Waals surface area contributed by atoms with Gasteiger partial charge in [-0.1, -0.05) is 48.0 Å². The lowest BCUT2D eigenvalue weighted by atomic mass is 10.1. The molecule has 0 saturated heterocycles. The van der Waals surface area contributed by atoms with Gasteiger partial charge in [-0.15, -0.1) is 0 Å². The quantitative estimate of drug-likeness (QED) is 0.859. The molecule has 2 aromatic carbocycles. The number of halogens is 1. The fraction of sp³-hybridized carbons (Fsp3) is 0.235. The molecule has 0 heterocycles. The lowest BCUT2D eigenvalue weighted by Gasteiger charge is -2.17. The summed E-state index contributed by atoms with van der Waals surface area (Å²) in [6.45, 7) is 2.15. The van der Waals surface area contributed by atoms with E-state index >= 15 is 0 Å². The molecule has 0 bridgehead atoms. The second-order valence-corrected chi connectivity index (χ2v) is 4.84. The number of esters is 1. The minimum absolute atomic E-state index is 0.252. The molecule has 0 aliphatic heterocycles. The Morgan fingerprint density at radius 3 is 2.62 bits per heavy atom. The maximum Gasteiger partial charge on any atom is 0.327 e. The van der Waals surface area contributed by atoms with E-state index in [-0.39, 0.29) is 12.4 Å². The van der Waals surface area contributed by atoms with E-state index in [2.05, 4.69) is 5.32 Å². The van der Waals surface area contributed by atoms with Gasteiger partial charge in [-0.2, -0.15) is 0 Å². The third-order valence-corrected chi connectivity index (χ3v) is 3.27. The van der Waals surface area contributed by atoms with Crippen LogP contribution in [-0.4, -0.2) is 13.1 Å². The third kappa shape index (κ3) is 3.89. The van der Waals surface area contributed by atoms with Crippen LogP contribution in [0, 0.1) is 12.7 Å². The van der Waals surface area contributed by atoms with Crippen molar-refractivity contribution in [2.45, 2.75) is 19.5 Å². The maximum atomic E-state index is 13.7. The van der Waals surface area contributed by atoms with E-state index in [1.165, 1.54) is 13.2 Å². The van der Waals surface area contributed by atoms with Gasteiger partial charge < -0.3 is 4.74 Å². The second kappa shape index (κ2) is 6.99. The molecule has 1 atom stereocenters. The number of benzene rings is 2. The van der Waals surface area contributed by atoms with E-state index in [1.54, 1.807) is 12.1 Å². The highest BCUT2D eigenvalue weighted by atomic mass is 19.1. The van der Waals surface area contributed by atoms with Crippen molar-refractivity contribution in [3.05, 3.63) is 71.0 Å². The number of hydrogen-bond acceptors (Lipinski definition) is 3. The predicted octanol–water partition coefficient (Wildman–Crippen LogP) is 3.14. The number of nitrogens with one attached hydrogen (secondary N) is 1. The molecule has 110 valence electrons. The van der Waals surface area contributed by atoms with E-state index in [1.807, 2.05) is 37.3 Å². The molecule has 0 radical (unpaired) electrons. The molecule has 0 aromatic heterocycles. The van der Waals surface area contributed by atoms with Gasteiger partial charge in [0, 0.05) is 12.1 Å². The van der Waals surface area contributed by atoms with E-state index in [4.69, 9.17) is 4.74 Å². The van der Waals surface area contributed by atoms with Gasteiger partial charge in [-0.05, 0) is 18.6 Å². The lowest BCUT2D eigenvalue weighted by molar-refractivity contribution is -0.143. The molecule has 21 heavy (non-hydrogen) atoms. The molecule has 0 fully saturated rings. The van der Waals surface area contributed by atoms with E-state index < -0.39 is 12.0 Å². The van der Waals surface area contributed by atoms with Crippen molar-refractivity contribution in [3.63, 3.8) is 0 Å². The number of aryl methyl sites for hydroxylation is 1. The van der Waals surface area contributed by atoms with Crippen LogP contribution in [0.5, 0.6) is 0 Å². The standard InChI is InChI=1S/C17H18FNO2/c1-12-8-9-15(18)14(10-12)11-19-16(17(20)21-2)13-6-4-3-5-7-13/h3-10,16,19H,11H2,1-2H3. The van der Waals surface area contributed by atoms with Crippen molar-refractivity contribution in [3.8, 4) is 0 Å². The normalized spacial score (nSPS) is 12.0. The van der Waals surface area contributed by atoms with Crippen LogP contribution in [0.2, 0.25) is 0 Å². The Morgan fingerprint density at radius 1 is 1.24 bits per heavy atom. The van der Waals surface area contributed by atoms with Crippen LogP contribution in [0.15, 0.2) is 48.5 Å². The first kappa shape index (κ1) is 15.2. The number of carbonyl (C=O) groups is 1. The summed E-state index contributed by atoms with van der Waals surface area (Å²) >= 11 is 0. The Bertz CT molecular complexity index is 613. The molecule has 0 aliphatic rings. The fourth-order valence-electron chi connectivity index (χ4n) is 2.15. The summed E-state index contributed by atoms with van der Waals surface area (Å²) in [6.07, 6.45) is 0. The maximum absolute atomic E-state index is 13.7. The molecule has 2 rings (SSSR count). The van der Waals surface area contributed by atoms with Gasteiger partial charge in [0.25, 0.3) is 0 Å². The zero-order chi connectivity index (χ0) is 15.2. The first-order valence-electron chi connectivity index (χ1n) is 6.73. The number of hydrogen-bond donors (Lipinski definition) is 1. The molecular weight excluding hydrogens is 269 g/mol. The van der Waals surface area contributed by atoms with Crippen LogP contribution in [0.4, 0.5) is 4.39 Å². The zero-order valence-corrected chi connectivity index (χ0v) is 12.1. The number of carbonyl (C=O) groups excluding carboxylic acids is 1. The van der Waals surface area contributed by atoms with Gasteiger partial charge in [0.05, 0.1) is 7.11 Å². The Hall–Kier alpha value is -2.20. The highest BCUT2D eigenvalue weighted by Gasteiger charge is 2.20. The molecule has 2 aromatic rings. The van der Waals surface area contributed by atoms with Gasteiger partial charge in [-0.25, -0.2) is 9.18 Å². The Labute approximate surface area is 123 Å². The van der Waals surface area contributed by atoms with Gasteiger partial charge in [0.1, 0.15) is 11.9 Å². The third-order valence-electron chi connectivity index (χ3n) is 3.27.